The number of ketones is 1. The van der Waals surface area contributed by atoms with E-state index in [0.29, 0.717) is 5.56 Å². The number of Topliss-reactive ketones (excluding diaryl/α,β-unsaturated/α-hetero) is 1. The van der Waals surface area contributed by atoms with Crippen LogP contribution in [0.4, 0.5) is 5.69 Å². The van der Waals surface area contributed by atoms with Crippen molar-refractivity contribution in [2.45, 2.75) is 39.2 Å². The fourth-order valence-corrected chi connectivity index (χ4v) is 2.62. The van der Waals surface area contributed by atoms with Gasteiger partial charge in [0.2, 0.25) is 5.78 Å². The van der Waals surface area contributed by atoms with Crippen LogP contribution in [0.15, 0.2) is 42.5 Å². The first-order chi connectivity index (χ1) is 12.5. The Kier molecular flexibility index (Phi) is 6.01. The molecule has 0 amide bonds. The number of rotatable bonds is 5. The number of nitro groups is 1. The molecule has 0 aromatic heterocycles. The van der Waals surface area contributed by atoms with Gasteiger partial charge in [-0.2, -0.15) is 0 Å². The molecule has 0 saturated carbocycles. The van der Waals surface area contributed by atoms with Gasteiger partial charge in [-0.25, -0.2) is 4.79 Å². The lowest BCUT2D eigenvalue weighted by atomic mass is 9.86. The van der Waals surface area contributed by atoms with Crippen LogP contribution in [0.3, 0.4) is 0 Å². The van der Waals surface area contributed by atoms with Gasteiger partial charge in [-0.3, -0.25) is 14.9 Å². The number of esters is 1. The second kappa shape index (κ2) is 7.88. The number of halogens is 1. The number of nitrogens with zero attached hydrogens (tertiary/aromatic N) is 1. The van der Waals surface area contributed by atoms with Crippen LogP contribution in [0.25, 0.3) is 0 Å². The minimum atomic E-state index is -1.03. The van der Waals surface area contributed by atoms with E-state index in [2.05, 4.69) is 20.8 Å². The van der Waals surface area contributed by atoms with Crippen molar-refractivity contribution < 1.29 is 19.2 Å². The molecule has 0 unspecified atom stereocenters. The number of ether oxygens (including phenoxy) is 1. The van der Waals surface area contributed by atoms with Crippen LogP contribution >= 0.6 is 11.6 Å². The highest BCUT2D eigenvalue weighted by atomic mass is 35.5. The third-order valence-electron chi connectivity index (χ3n) is 4.07. The van der Waals surface area contributed by atoms with Crippen LogP contribution in [0.1, 0.15) is 54.0 Å². The van der Waals surface area contributed by atoms with E-state index in [1.807, 2.05) is 12.1 Å². The zero-order valence-electron chi connectivity index (χ0n) is 15.5. The molecule has 142 valence electrons. The van der Waals surface area contributed by atoms with Gasteiger partial charge in [0.25, 0.3) is 5.69 Å². The van der Waals surface area contributed by atoms with E-state index >= 15 is 0 Å². The molecule has 0 saturated heterocycles. The standard InChI is InChI=1S/C20H20ClNO5/c1-12(18(23)13-5-8-15(9-6-13)20(2,3)4)27-19(24)14-7-10-16(21)17(11-14)22(25)26/h5-12H,1-4H3/t12-/m1/s1. The molecular formula is C20H20ClNO5. The van der Waals surface area contributed by atoms with Crippen molar-refractivity contribution in [1.29, 1.82) is 0 Å². The summed E-state index contributed by atoms with van der Waals surface area (Å²) in [4.78, 5) is 35.0. The molecule has 2 aromatic carbocycles. The van der Waals surface area contributed by atoms with Gasteiger partial charge >= 0.3 is 5.97 Å². The first-order valence-electron chi connectivity index (χ1n) is 8.30. The SMILES string of the molecule is C[C@@H](OC(=O)c1ccc(Cl)c([N+](=O)[O-])c1)C(=O)c1ccc(C(C)(C)C)cc1. The molecule has 0 aliphatic carbocycles. The summed E-state index contributed by atoms with van der Waals surface area (Å²) in [6, 6.07) is 10.7. The maximum atomic E-state index is 12.5. The average molecular weight is 390 g/mol. The summed E-state index contributed by atoms with van der Waals surface area (Å²) < 4.78 is 5.17. The molecule has 0 aliphatic rings. The maximum absolute atomic E-state index is 12.5. The molecule has 1 atom stereocenters. The summed E-state index contributed by atoms with van der Waals surface area (Å²) in [5.41, 5.74) is 1.02. The molecule has 2 aromatic rings. The fourth-order valence-electron chi connectivity index (χ4n) is 2.43. The first-order valence-corrected chi connectivity index (χ1v) is 8.68. The Morgan fingerprint density at radius 2 is 1.63 bits per heavy atom. The second-order valence-electron chi connectivity index (χ2n) is 7.16. The summed E-state index contributed by atoms with van der Waals surface area (Å²) in [5.74, 6) is -1.19. The van der Waals surface area contributed by atoms with E-state index in [-0.39, 0.29) is 21.8 Å². The van der Waals surface area contributed by atoms with E-state index in [1.54, 1.807) is 12.1 Å². The zero-order valence-corrected chi connectivity index (χ0v) is 16.2. The van der Waals surface area contributed by atoms with Crippen molar-refractivity contribution in [3.05, 3.63) is 74.3 Å². The summed E-state index contributed by atoms with van der Waals surface area (Å²) in [5, 5.41) is 10.8. The predicted octanol–water partition coefficient (Wildman–Crippen LogP) is 4.97. The molecule has 0 radical (unpaired) electrons. The van der Waals surface area contributed by atoms with Crippen molar-refractivity contribution in [1.82, 2.24) is 0 Å². The Bertz CT molecular complexity index is 884. The van der Waals surface area contributed by atoms with Crippen LogP contribution in [-0.2, 0) is 10.2 Å². The Morgan fingerprint density at radius 1 is 1.07 bits per heavy atom. The third kappa shape index (κ3) is 4.92. The van der Waals surface area contributed by atoms with Crippen LogP contribution in [0.5, 0.6) is 0 Å². The van der Waals surface area contributed by atoms with E-state index in [9.17, 15) is 19.7 Å². The lowest BCUT2D eigenvalue weighted by molar-refractivity contribution is -0.384. The topological polar surface area (TPSA) is 86.5 Å². The number of benzene rings is 2. The highest BCUT2D eigenvalue weighted by Gasteiger charge is 2.23. The van der Waals surface area contributed by atoms with Gasteiger partial charge in [-0.1, -0.05) is 56.6 Å². The van der Waals surface area contributed by atoms with Gasteiger partial charge in [-0.05, 0) is 30.0 Å². The van der Waals surface area contributed by atoms with Crippen LogP contribution in [0.2, 0.25) is 5.02 Å². The van der Waals surface area contributed by atoms with Crippen LogP contribution < -0.4 is 0 Å². The van der Waals surface area contributed by atoms with E-state index in [0.717, 1.165) is 11.6 Å². The smallest absolute Gasteiger partial charge is 0.339 e. The van der Waals surface area contributed by atoms with Crippen molar-refractivity contribution in [3.63, 3.8) is 0 Å². The number of carbonyl (C=O) groups excluding carboxylic acids is 2. The molecule has 27 heavy (non-hydrogen) atoms. The number of carbonyl (C=O) groups is 2. The quantitative estimate of drug-likeness (QED) is 0.311. The van der Waals surface area contributed by atoms with Gasteiger partial charge in [-0.15, -0.1) is 0 Å². The van der Waals surface area contributed by atoms with Gasteiger partial charge in [0, 0.05) is 11.6 Å². The lowest BCUT2D eigenvalue weighted by Gasteiger charge is -2.19. The summed E-state index contributed by atoms with van der Waals surface area (Å²) in [6.45, 7) is 7.67. The van der Waals surface area contributed by atoms with Crippen LogP contribution in [-0.4, -0.2) is 22.8 Å². The Labute approximate surface area is 162 Å². The highest BCUT2D eigenvalue weighted by molar-refractivity contribution is 6.32. The van der Waals surface area contributed by atoms with E-state index in [4.69, 9.17) is 16.3 Å². The Balaban J connectivity index is 2.13. The third-order valence-corrected chi connectivity index (χ3v) is 4.39. The second-order valence-corrected chi connectivity index (χ2v) is 7.57. The first kappa shape index (κ1) is 20.6. The van der Waals surface area contributed by atoms with Crippen molar-refractivity contribution >= 4 is 29.0 Å². The minimum Gasteiger partial charge on any atom is -0.451 e. The normalized spacial score (nSPS) is 12.3. The van der Waals surface area contributed by atoms with Gasteiger partial charge in [0.15, 0.2) is 6.10 Å². The number of hydrogen-bond acceptors (Lipinski definition) is 5. The summed E-state index contributed by atoms with van der Waals surface area (Å²) in [7, 11) is 0. The Hall–Kier alpha value is -2.73. The average Bonchev–Trinajstić information content (AvgIpc) is 2.60. The lowest BCUT2D eigenvalue weighted by Crippen LogP contribution is -2.24. The van der Waals surface area contributed by atoms with Gasteiger partial charge in [0.1, 0.15) is 5.02 Å². The van der Waals surface area contributed by atoms with Crippen LogP contribution in [0, 0.1) is 10.1 Å². The number of hydrogen-bond donors (Lipinski definition) is 0. The Morgan fingerprint density at radius 3 is 2.15 bits per heavy atom. The molecule has 6 nitrogen and oxygen atoms in total. The molecule has 0 aliphatic heterocycles. The highest BCUT2D eigenvalue weighted by Crippen LogP contribution is 2.26. The maximum Gasteiger partial charge on any atom is 0.339 e. The predicted molar refractivity (Wildman–Crippen MR) is 102 cm³/mol. The van der Waals surface area contributed by atoms with Crippen molar-refractivity contribution in [2.75, 3.05) is 0 Å². The molecule has 0 fully saturated rings. The minimum absolute atomic E-state index is 0.0387. The van der Waals surface area contributed by atoms with Gasteiger partial charge < -0.3 is 4.74 Å². The summed E-state index contributed by atoms with van der Waals surface area (Å²) in [6.07, 6.45) is -1.03. The largest absolute Gasteiger partial charge is 0.451 e. The molecular weight excluding hydrogens is 370 g/mol. The molecule has 0 heterocycles. The molecule has 0 N–H and O–H groups in total. The van der Waals surface area contributed by atoms with Crippen molar-refractivity contribution in [2.24, 2.45) is 0 Å². The van der Waals surface area contributed by atoms with Crippen molar-refractivity contribution in [3.8, 4) is 0 Å². The number of nitro benzene ring substituents is 1. The molecule has 7 heteroatoms. The fraction of sp³-hybridized carbons (Fsp3) is 0.300. The zero-order chi connectivity index (χ0) is 20.4. The van der Waals surface area contributed by atoms with E-state index < -0.39 is 22.7 Å². The molecule has 0 spiro atoms. The van der Waals surface area contributed by atoms with Gasteiger partial charge in [0.05, 0.1) is 10.5 Å². The van der Waals surface area contributed by atoms with E-state index in [1.165, 1.54) is 19.1 Å². The summed E-state index contributed by atoms with van der Waals surface area (Å²) >= 11 is 5.73. The molecule has 0 bridgehead atoms. The monoisotopic (exact) mass is 389 g/mol. The molecule has 2 rings (SSSR count).